The number of likely N-dealkylation sites (tertiary alicyclic amines) is 1. The van der Waals surface area contributed by atoms with E-state index in [1.807, 2.05) is 0 Å². The molecule has 1 aliphatic rings. The van der Waals surface area contributed by atoms with E-state index >= 15 is 0 Å². The largest absolute Gasteiger partial charge is 0.340 e. The molecule has 0 spiro atoms. The van der Waals surface area contributed by atoms with Gasteiger partial charge in [0.2, 0.25) is 17.7 Å². The lowest BCUT2D eigenvalue weighted by Crippen LogP contribution is -2.38. The van der Waals surface area contributed by atoms with Crippen molar-refractivity contribution in [2.75, 3.05) is 13.6 Å². The summed E-state index contributed by atoms with van der Waals surface area (Å²) in [6, 6.07) is -0.416. The highest BCUT2D eigenvalue weighted by Crippen LogP contribution is 2.10. The number of rotatable bonds is 4. The number of hydrogen-bond acceptors (Lipinski definition) is 6. The number of imide groups is 1. The van der Waals surface area contributed by atoms with Crippen molar-refractivity contribution in [2.24, 2.45) is 0 Å². The first-order valence-corrected chi connectivity index (χ1v) is 5.41. The van der Waals surface area contributed by atoms with E-state index in [1.54, 1.807) is 6.92 Å². The minimum absolute atomic E-state index is 0.150. The lowest BCUT2D eigenvalue weighted by atomic mass is 10.2. The van der Waals surface area contributed by atoms with Crippen LogP contribution in [-0.2, 0) is 16.0 Å². The fraction of sp³-hybridized carbons (Fsp3) is 0.600. The molecule has 1 fully saturated rings. The molecule has 7 heteroatoms. The van der Waals surface area contributed by atoms with Crippen LogP contribution in [0.4, 0.5) is 0 Å². The molecule has 1 unspecified atom stereocenters. The molecule has 2 heterocycles. The molecule has 1 aromatic rings. The summed E-state index contributed by atoms with van der Waals surface area (Å²) in [4.78, 5) is 28.0. The molecule has 1 atom stereocenters. The first-order chi connectivity index (χ1) is 8.08. The number of aryl methyl sites for hydroxylation is 1. The number of carbonyl (C=O) groups is 2. The normalized spacial score (nSPS) is 20.4. The van der Waals surface area contributed by atoms with Gasteiger partial charge in [-0.15, -0.1) is 0 Å². The van der Waals surface area contributed by atoms with Crippen LogP contribution in [0.2, 0.25) is 0 Å². The Morgan fingerprint density at radius 2 is 2.29 bits per heavy atom. The molecule has 0 aromatic carbocycles. The predicted octanol–water partition coefficient (Wildman–Crippen LogP) is -0.733. The number of aromatic nitrogens is 2. The standard InChI is InChI=1S/C10H14N4O3/c1-6-12-8(13-17-6)3-4-11-7-5-9(15)14(2)10(7)16/h7,11H,3-5H2,1-2H3. The zero-order valence-corrected chi connectivity index (χ0v) is 9.77. The second-order valence-corrected chi connectivity index (χ2v) is 3.98. The van der Waals surface area contributed by atoms with Crippen molar-refractivity contribution in [1.29, 1.82) is 0 Å². The Hall–Kier alpha value is -1.76. The number of amides is 2. The molecule has 92 valence electrons. The number of nitrogens with one attached hydrogen (secondary N) is 1. The van der Waals surface area contributed by atoms with Gasteiger partial charge >= 0.3 is 0 Å². The van der Waals surface area contributed by atoms with E-state index in [0.717, 1.165) is 4.90 Å². The Morgan fingerprint density at radius 3 is 2.82 bits per heavy atom. The molecule has 1 aliphatic heterocycles. The molecule has 1 N–H and O–H groups in total. The van der Waals surface area contributed by atoms with Crippen molar-refractivity contribution in [3.8, 4) is 0 Å². The lowest BCUT2D eigenvalue weighted by molar-refractivity contribution is -0.137. The Balaban J connectivity index is 1.80. The lowest BCUT2D eigenvalue weighted by Gasteiger charge is -2.09. The Kier molecular flexibility index (Phi) is 3.19. The quantitative estimate of drug-likeness (QED) is 0.695. The van der Waals surface area contributed by atoms with Crippen LogP contribution in [0.3, 0.4) is 0 Å². The third kappa shape index (κ3) is 2.50. The number of likely N-dealkylation sites (N-methyl/N-ethyl adjacent to an activating group) is 1. The molecule has 17 heavy (non-hydrogen) atoms. The van der Waals surface area contributed by atoms with Gasteiger partial charge in [-0.2, -0.15) is 4.98 Å². The van der Waals surface area contributed by atoms with Crippen molar-refractivity contribution in [2.45, 2.75) is 25.8 Å². The summed E-state index contributed by atoms with van der Waals surface area (Å²) in [5.41, 5.74) is 0. The van der Waals surface area contributed by atoms with Crippen molar-refractivity contribution < 1.29 is 14.1 Å². The maximum atomic E-state index is 11.6. The number of carbonyl (C=O) groups excluding carboxylic acids is 2. The monoisotopic (exact) mass is 238 g/mol. The second kappa shape index (κ2) is 4.62. The topological polar surface area (TPSA) is 88.3 Å². The van der Waals surface area contributed by atoms with Gasteiger partial charge in [-0.05, 0) is 0 Å². The maximum absolute atomic E-state index is 11.6. The summed E-state index contributed by atoms with van der Waals surface area (Å²) in [6.07, 6.45) is 0.791. The summed E-state index contributed by atoms with van der Waals surface area (Å²) in [5, 5.41) is 6.76. The minimum atomic E-state index is -0.416. The fourth-order valence-corrected chi connectivity index (χ4v) is 1.72. The Bertz CT molecular complexity index is 443. The molecule has 0 aliphatic carbocycles. The molecule has 2 rings (SSSR count). The highest BCUT2D eigenvalue weighted by molar-refractivity contribution is 6.05. The maximum Gasteiger partial charge on any atom is 0.246 e. The average Bonchev–Trinajstić information content (AvgIpc) is 2.80. The molecule has 2 amide bonds. The molecule has 0 radical (unpaired) electrons. The molecule has 0 saturated carbocycles. The van der Waals surface area contributed by atoms with E-state index in [0.29, 0.717) is 24.7 Å². The molecular weight excluding hydrogens is 224 g/mol. The van der Waals surface area contributed by atoms with E-state index < -0.39 is 6.04 Å². The predicted molar refractivity (Wildman–Crippen MR) is 56.9 cm³/mol. The highest BCUT2D eigenvalue weighted by Gasteiger charge is 2.35. The SMILES string of the molecule is Cc1nc(CCNC2CC(=O)N(C)C2=O)no1. The molecule has 1 saturated heterocycles. The van der Waals surface area contributed by atoms with Gasteiger partial charge in [-0.25, -0.2) is 0 Å². The van der Waals surface area contributed by atoms with Crippen LogP contribution in [0.5, 0.6) is 0 Å². The minimum Gasteiger partial charge on any atom is -0.340 e. The van der Waals surface area contributed by atoms with Crippen molar-refractivity contribution in [1.82, 2.24) is 20.4 Å². The molecular formula is C10H14N4O3. The summed E-state index contributed by atoms with van der Waals surface area (Å²) < 4.78 is 4.82. The first kappa shape index (κ1) is 11.7. The van der Waals surface area contributed by atoms with E-state index in [1.165, 1.54) is 7.05 Å². The van der Waals surface area contributed by atoms with Gasteiger partial charge in [0.05, 0.1) is 12.5 Å². The number of hydrogen-bond donors (Lipinski definition) is 1. The van der Waals surface area contributed by atoms with Gasteiger partial charge in [-0.1, -0.05) is 5.16 Å². The molecule has 0 bridgehead atoms. The number of nitrogens with zero attached hydrogens (tertiary/aromatic N) is 3. The third-order valence-electron chi connectivity index (χ3n) is 2.69. The Morgan fingerprint density at radius 1 is 1.53 bits per heavy atom. The van der Waals surface area contributed by atoms with Gasteiger partial charge in [0.15, 0.2) is 5.82 Å². The first-order valence-electron chi connectivity index (χ1n) is 5.41. The van der Waals surface area contributed by atoms with Crippen LogP contribution in [0, 0.1) is 6.92 Å². The average molecular weight is 238 g/mol. The smallest absolute Gasteiger partial charge is 0.246 e. The summed E-state index contributed by atoms with van der Waals surface area (Å²) >= 11 is 0. The van der Waals surface area contributed by atoms with Crippen LogP contribution in [0.15, 0.2) is 4.52 Å². The van der Waals surface area contributed by atoms with Crippen LogP contribution in [0.25, 0.3) is 0 Å². The van der Waals surface area contributed by atoms with Crippen LogP contribution >= 0.6 is 0 Å². The zero-order chi connectivity index (χ0) is 12.4. The van der Waals surface area contributed by atoms with E-state index in [-0.39, 0.29) is 18.2 Å². The zero-order valence-electron chi connectivity index (χ0n) is 9.77. The summed E-state index contributed by atoms with van der Waals surface area (Å²) in [5.74, 6) is 0.786. The molecule has 1 aromatic heterocycles. The van der Waals surface area contributed by atoms with Crippen LogP contribution < -0.4 is 5.32 Å². The van der Waals surface area contributed by atoms with Gasteiger partial charge in [0.1, 0.15) is 0 Å². The van der Waals surface area contributed by atoms with Gasteiger partial charge in [0, 0.05) is 26.9 Å². The van der Waals surface area contributed by atoms with Crippen molar-refractivity contribution in [3.05, 3.63) is 11.7 Å². The van der Waals surface area contributed by atoms with Crippen molar-refractivity contribution >= 4 is 11.8 Å². The fourth-order valence-electron chi connectivity index (χ4n) is 1.72. The van der Waals surface area contributed by atoms with Gasteiger partial charge in [0.25, 0.3) is 0 Å². The summed E-state index contributed by atoms with van der Waals surface area (Å²) in [6.45, 7) is 2.26. The van der Waals surface area contributed by atoms with E-state index in [9.17, 15) is 9.59 Å². The van der Waals surface area contributed by atoms with Gasteiger partial charge < -0.3 is 9.84 Å². The highest BCUT2D eigenvalue weighted by atomic mass is 16.5. The van der Waals surface area contributed by atoms with Crippen LogP contribution in [0.1, 0.15) is 18.1 Å². The van der Waals surface area contributed by atoms with Gasteiger partial charge in [-0.3, -0.25) is 14.5 Å². The van der Waals surface area contributed by atoms with E-state index in [4.69, 9.17) is 4.52 Å². The molecule has 7 nitrogen and oxygen atoms in total. The summed E-state index contributed by atoms with van der Waals surface area (Å²) in [7, 11) is 1.49. The Labute approximate surface area is 98.2 Å². The van der Waals surface area contributed by atoms with Crippen LogP contribution in [-0.4, -0.2) is 46.5 Å². The third-order valence-corrected chi connectivity index (χ3v) is 2.69. The van der Waals surface area contributed by atoms with Crippen molar-refractivity contribution in [3.63, 3.8) is 0 Å². The second-order valence-electron chi connectivity index (χ2n) is 3.98. The van der Waals surface area contributed by atoms with E-state index in [2.05, 4.69) is 15.5 Å².